The molecule has 114 valence electrons. The van der Waals surface area contributed by atoms with Gasteiger partial charge in [-0.25, -0.2) is 0 Å². The quantitative estimate of drug-likeness (QED) is 0.758. The minimum atomic E-state index is -0.883. The summed E-state index contributed by atoms with van der Waals surface area (Å²) in [4.78, 5) is 23.2. The molecule has 0 aliphatic carbocycles. The molecule has 0 saturated heterocycles. The van der Waals surface area contributed by atoms with Crippen molar-refractivity contribution in [2.75, 3.05) is 6.54 Å². The lowest BCUT2D eigenvalue weighted by Gasteiger charge is -2.26. The molecule has 0 heterocycles. The van der Waals surface area contributed by atoms with Crippen LogP contribution in [-0.2, 0) is 9.59 Å². The van der Waals surface area contributed by atoms with Crippen LogP contribution in [0.25, 0.3) is 6.08 Å². The Labute approximate surface area is 125 Å². The van der Waals surface area contributed by atoms with Gasteiger partial charge in [0.15, 0.2) is 0 Å². The summed E-state index contributed by atoms with van der Waals surface area (Å²) >= 11 is 0. The third-order valence-corrected chi connectivity index (χ3v) is 4.01. The Morgan fingerprint density at radius 1 is 1.24 bits per heavy atom. The first-order valence-corrected chi connectivity index (χ1v) is 7.20. The van der Waals surface area contributed by atoms with Crippen LogP contribution < -0.4 is 5.32 Å². The van der Waals surface area contributed by atoms with Gasteiger partial charge in [0.05, 0.1) is 5.41 Å². The Morgan fingerprint density at radius 3 is 2.38 bits per heavy atom. The Hall–Kier alpha value is -2.10. The summed E-state index contributed by atoms with van der Waals surface area (Å²) in [6, 6.07) is 7.75. The standard InChI is InChI=1S/C17H23NO3/c1-4-17(5-2,16(20)21)12-18-15(19)11-10-14-9-7-6-8-13(14)3/h6-11H,4-5,12H2,1-3H3,(H,18,19)(H,20,21)/b11-10+. The largest absolute Gasteiger partial charge is 0.481 e. The van der Waals surface area contributed by atoms with E-state index in [1.54, 1.807) is 6.08 Å². The first kappa shape index (κ1) is 17.0. The molecule has 0 aliphatic rings. The Morgan fingerprint density at radius 2 is 1.86 bits per heavy atom. The van der Waals surface area contributed by atoms with Gasteiger partial charge in [0, 0.05) is 12.6 Å². The molecule has 4 nitrogen and oxygen atoms in total. The molecule has 0 aromatic heterocycles. The highest BCUT2D eigenvalue weighted by molar-refractivity contribution is 5.92. The molecule has 1 rings (SSSR count). The van der Waals surface area contributed by atoms with Gasteiger partial charge < -0.3 is 10.4 Å². The fourth-order valence-electron chi connectivity index (χ4n) is 2.13. The van der Waals surface area contributed by atoms with Crippen LogP contribution >= 0.6 is 0 Å². The predicted molar refractivity (Wildman–Crippen MR) is 83.9 cm³/mol. The second kappa shape index (κ2) is 7.62. The van der Waals surface area contributed by atoms with Crippen LogP contribution in [0.15, 0.2) is 30.3 Å². The van der Waals surface area contributed by atoms with Crippen molar-refractivity contribution in [3.05, 3.63) is 41.5 Å². The molecule has 0 atom stereocenters. The third kappa shape index (κ3) is 4.45. The number of amides is 1. The van der Waals surface area contributed by atoms with Crippen molar-refractivity contribution in [2.45, 2.75) is 33.6 Å². The third-order valence-electron chi connectivity index (χ3n) is 4.01. The summed E-state index contributed by atoms with van der Waals surface area (Å²) in [6.07, 6.45) is 4.16. The van der Waals surface area contributed by atoms with Crippen LogP contribution in [0.4, 0.5) is 0 Å². The van der Waals surface area contributed by atoms with E-state index in [4.69, 9.17) is 0 Å². The fraction of sp³-hybridized carbons (Fsp3) is 0.412. The van der Waals surface area contributed by atoms with Crippen molar-refractivity contribution in [3.8, 4) is 0 Å². The molecular weight excluding hydrogens is 266 g/mol. The molecule has 1 amide bonds. The van der Waals surface area contributed by atoms with Crippen molar-refractivity contribution in [2.24, 2.45) is 5.41 Å². The van der Waals surface area contributed by atoms with E-state index in [-0.39, 0.29) is 12.5 Å². The van der Waals surface area contributed by atoms with Gasteiger partial charge in [0.2, 0.25) is 5.91 Å². The van der Waals surface area contributed by atoms with E-state index in [9.17, 15) is 14.7 Å². The summed E-state index contributed by atoms with van der Waals surface area (Å²) < 4.78 is 0. The molecule has 0 aliphatic heterocycles. The van der Waals surface area contributed by atoms with E-state index in [1.807, 2.05) is 45.0 Å². The van der Waals surface area contributed by atoms with Crippen molar-refractivity contribution >= 4 is 18.0 Å². The maximum absolute atomic E-state index is 11.8. The number of nitrogens with one attached hydrogen (secondary N) is 1. The Kier molecular flexibility index (Phi) is 6.15. The number of hydrogen-bond acceptors (Lipinski definition) is 2. The van der Waals surface area contributed by atoms with E-state index in [1.165, 1.54) is 6.08 Å². The number of benzene rings is 1. The maximum Gasteiger partial charge on any atom is 0.311 e. The van der Waals surface area contributed by atoms with E-state index in [0.717, 1.165) is 11.1 Å². The summed E-state index contributed by atoms with van der Waals surface area (Å²) in [6.45, 7) is 5.77. The zero-order valence-electron chi connectivity index (χ0n) is 12.8. The molecular formula is C17H23NO3. The van der Waals surface area contributed by atoms with Gasteiger partial charge in [0.1, 0.15) is 0 Å². The van der Waals surface area contributed by atoms with Crippen LogP contribution in [0.3, 0.4) is 0 Å². The monoisotopic (exact) mass is 289 g/mol. The molecule has 4 heteroatoms. The number of carboxylic acids is 1. The first-order valence-electron chi connectivity index (χ1n) is 7.20. The highest BCUT2D eigenvalue weighted by Crippen LogP contribution is 2.25. The molecule has 0 saturated carbocycles. The molecule has 0 fully saturated rings. The molecule has 0 spiro atoms. The number of aliphatic carboxylic acids is 1. The van der Waals surface area contributed by atoms with E-state index in [0.29, 0.717) is 12.8 Å². The second-order valence-electron chi connectivity index (χ2n) is 5.20. The van der Waals surface area contributed by atoms with E-state index >= 15 is 0 Å². The molecule has 0 bridgehead atoms. The Bertz CT molecular complexity index is 531. The minimum Gasteiger partial charge on any atom is -0.481 e. The van der Waals surface area contributed by atoms with Gasteiger partial charge in [0.25, 0.3) is 0 Å². The maximum atomic E-state index is 11.8. The number of carbonyl (C=O) groups is 2. The van der Waals surface area contributed by atoms with Gasteiger partial charge in [-0.15, -0.1) is 0 Å². The minimum absolute atomic E-state index is 0.145. The lowest BCUT2D eigenvalue weighted by atomic mass is 9.82. The van der Waals surface area contributed by atoms with Crippen molar-refractivity contribution in [1.29, 1.82) is 0 Å². The number of rotatable bonds is 7. The van der Waals surface area contributed by atoms with Crippen LogP contribution in [0.1, 0.15) is 37.8 Å². The smallest absolute Gasteiger partial charge is 0.311 e. The summed E-state index contributed by atoms with van der Waals surface area (Å²) in [5.74, 6) is -1.14. The van der Waals surface area contributed by atoms with Gasteiger partial charge >= 0.3 is 5.97 Å². The number of carbonyl (C=O) groups excluding carboxylic acids is 1. The molecule has 0 unspecified atom stereocenters. The van der Waals surface area contributed by atoms with Crippen molar-refractivity contribution in [3.63, 3.8) is 0 Å². The summed E-state index contributed by atoms with van der Waals surface area (Å²) in [7, 11) is 0. The number of aryl methyl sites for hydroxylation is 1. The van der Waals surface area contributed by atoms with Crippen molar-refractivity contribution in [1.82, 2.24) is 5.32 Å². The molecule has 2 N–H and O–H groups in total. The predicted octanol–water partition coefficient (Wildman–Crippen LogP) is 3.02. The molecule has 21 heavy (non-hydrogen) atoms. The van der Waals surface area contributed by atoms with Crippen LogP contribution in [0.5, 0.6) is 0 Å². The first-order chi connectivity index (χ1) is 9.95. The van der Waals surface area contributed by atoms with Gasteiger partial charge in [-0.05, 0) is 37.0 Å². The average Bonchev–Trinajstić information content (AvgIpc) is 2.47. The van der Waals surface area contributed by atoms with Crippen molar-refractivity contribution < 1.29 is 14.7 Å². The topological polar surface area (TPSA) is 66.4 Å². The summed E-state index contributed by atoms with van der Waals surface area (Å²) in [5, 5.41) is 12.0. The lowest BCUT2D eigenvalue weighted by Crippen LogP contribution is -2.41. The van der Waals surface area contributed by atoms with E-state index in [2.05, 4.69) is 5.32 Å². The average molecular weight is 289 g/mol. The number of carboxylic acid groups (broad SMARTS) is 1. The van der Waals surface area contributed by atoms with Gasteiger partial charge in [-0.1, -0.05) is 38.1 Å². The molecule has 1 aromatic rings. The zero-order valence-corrected chi connectivity index (χ0v) is 12.8. The zero-order chi connectivity index (χ0) is 15.9. The van der Waals surface area contributed by atoms with E-state index < -0.39 is 11.4 Å². The molecule has 0 radical (unpaired) electrons. The number of hydrogen-bond donors (Lipinski definition) is 2. The van der Waals surface area contributed by atoms with Gasteiger partial charge in [-0.2, -0.15) is 0 Å². The highest BCUT2D eigenvalue weighted by atomic mass is 16.4. The van der Waals surface area contributed by atoms with Crippen LogP contribution in [-0.4, -0.2) is 23.5 Å². The molecule has 1 aromatic carbocycles. The Balaban J connectivity index is 2.66. The normalized spacial score (nSPS) is 11.6. The second-order valence-corrected chi connectivity index (χ2v) is 5.20. The van der Waals surface area contributed by atoms with Gasteiger partial charge in [-0.3, -0.25) is 9.59 Å². The fourth-order valence-corrected chi connectivity index (χ4v) is 2.13. The van der Waals surface area contributed by atoms with Crippen LogP contribution in [0.2, 0.25) is 0 Å². The lowest BCUT2D eigenvalue weighted by molar-refractivity contribution is -0.149. The van der Waals surface area contributed by atoms with Crippen LogP contribution in [0, 0.1) is 12.3 Å². The summed E-state index contributed by atoms with van der Waals surface area (Å²) in [5.41, 5.74) is 1.18. The highest BCUT2D eigenvalue weighted by Gasteiger charge is 2.34. The SMILES string of the molecule is CCC(CC)(CNC(=O)/C=C/c1ccccc1C)C(=O)O.